The average Bonchev–Trinajstić information content (AvgIpc) is 2.46. The molecule has 5 nitrogen and oxygen atoms in total. The molecule has 0 heterocycles. The highest BCUT2D eigenvalue weighted by Crippen LogP contribution is 2.19. The van der Waals surface area contributed by atoms with E-state index in [0.717, 1.165) is 12.8 Å². The van der Waals surface area contributed by atoms with E-state index in [2.05, 4.69) is 12.2 Å². The Morgan fingerprint density at radius 2 is 2.00 bits per heavy atom. The molecule has 0 saturated carbocycles. The molecule has 0 saturated heterocycles. The van der Waals surface area contributed by atoms with Crippen LogP contribution in [0.1, 0.15) is 37.0 Å². The maximum Gasteiger partial charge on any atom is 0.339 e. The summed E-state index contributed by atoms with van der Waals surface area (Å²) in [5, 5.41) is 2.95. The predicted octanol–water partition coefficient (Wildman–Crippen LogP) is 2.21. The van der Waals surface area contributed by atoms with Gasteiger partial charge < -0.3 is 15.0 Å². The van der Waals surface area contributed by atoms with Gasteiger partial charge in [0.2, 0.25) is 5.91 Å². The largest absolute Gasteiger partial charge is 0.465 e. The van der Waals surface area contributed by atoms with Gasteiger partial charge in [-0.25, -0.2) is 4.79 Å². The van der Waals surface area contributed by atoms with Crippen molar-refractivity contribution in [2.24, 2.45) is 0 Å². The monoisotopic (exact) mass is 292 g/mol. The highest BCUT2D eigenvalue weighted by molar-refractivity contribution is 5.96. The van der Waals surface area contributed by atoms with Crippen LogP contribution in [-0.2, 0) is 9.53 Å². The Kier molecular flexibility index (Phi) is 6.72. The fraction of sp³-hybridized carbons (Fsp3) is 0.500. The van der Waals surface area contributed by atoms with Gasteiger partial charge in [-0.2, -0.15) is 0 Å². The minimum absolute atomic E-state index is 0.0573. The van der Waals surface area contributed by atoms with Crippen molar-refractivity contribution in [1.29, 1.82) is 0 Å². The molecule has 1 rings (SSSR count). The van der Waals surface area contributed by atoms with E-state index in [1.807, 2.05) is 13.0 Å². The lowest BCUT2D eigenvalue weighted by molar-refractivity contribution is -0.120. The molecule has 1 unspecified atom stereocenters. The topological polar surface area (TPSA) is 58.6 Å². The van der Waals surface area contributed by atoms with Gasteiger partial charge in [0.05, 0.1) is 24.9 Å². The number of anilines is 1. The maximum absolute atomic E-state index is 12.0. The SMILES string of the molecule is CCCC(C)NC(=O)CN(C)c1ccccc1C(=O)OC. The van der Waals surface area contributed by atoms with E-state index in [1.165, 1.54) is 7.11 Å². The molecule has 0 radical (unpaired) electrons. The second-order valence-corrected chi connectivity index (χ2v) is 5.12. The summed E-state index contributed by atoms with van der Waals surface area (Å²) in [4.78, 5) is 25.5. The fourth-order valence-corrected chi connectivity index (χ4v) is 2.22. The van der Waals surface area contributed by atoms with Crippen LogP contribution in [0.25, 0.3) is 0 Å². The lowest BCUT2D eigenvalue weighted by Gasteiger charge is -2.22. The summed E-state index contributed by atoms with van der Waals surface area (Å²) >= 11 is 0. The molecular weight excluding hydrogens is 268 g/mol. The number of hydrogen-bond acceptors (Lipinski definition) is 4. The molecule has 0 aromatic heterocycles. The molecule has 0 aliphatic heterocycles. The Balaban J connectivity index is 2.73. The smallest absolute Gasteiger partial charge is 0.339 e. The van der Waals surface area contributed by atoms with Crippen LogP contribution in [0.5, 0.6) is 0 Å². The van der Waals surface area contributed by atoms with E-state index >= 15 is 0 Å². The molecule has 1 N–H and O–H groups in total. The van der Waals surface area contributed by atoms with E-state index < -0.39 is 5.97 Å². The van der Waals surface area contributed by atoms with Gasteiger partial charge in [-0.1, -0.05) is 25.5 Å². The highest BCUT2D eigenvalue weighted by atomic mass is 16.5. The van der Waals surface area contributed by atoms with Crippen molar-refractivity contribution in [2.75, 3.05) is 25.6 Å². The number of methoxy groups -OCH3 is 1. The molecule has 1 aromatic rings. The summed E-state index contributed by atoms with van der Waals surface area (Å²) < 4.78 is 4.76. The standard InChI is InChI=1S/C16H24N2O3/c1-5-8-12(2)17-15(19)11-18(3)14-10-7-6-9-13(14)16(20)21-4/h6-7,9-10,12H,5,8,11H2,1-4H3,(H,17,19). The number of para-hydroxylation sites is 1. The van der Waals surface area contributed by atoms with Crippen molar-refractivity contribution in [1.82, 2.24) is 5.32 Å². The summed E-state index contributed by atoms with van der Waals surface area (Å²) in [6.45, 7) is 4.27. The number of carbonyl (C=O) groups is 2. The molecule has 1 aromatic carbocycles. The second-order valence-electron chi connectivity index (χ2n) is 5.12. The number of hydrogen-bond donors (Lipinski definition) is 1. The number of rotatable bonds is 7. The summed E-state index contributed by atoms with van der Waals surface area (Å²) in [6, 6.07) is 7.25. The molecule has 0 bridgehead atoms. The number of benzene rings is 1. The van der Waals surface area contributed by atoms with Crippen molar-refractivity contribution < 1.29 is 14.3 Å². The molecule has 0 fully saturated rings. The number of esters is 1. The van der Waals surface area contributed by atoms with Crippen LogP contribution in [0.15, 0.2) is 24.3 Å². The van der Waals surface area contributed by atoms with Crippen LogP contribution in [0, 0.1) is 0 Å². The molecule has 0 aliphatic rings. The van der Waals surface area contributed by atoms with Crippen molar-refractivity contribution in [3.8, 4) is 0 Å². The van der Waals surface area contributed by atoms with Gasteiger partial charge in [0.15, 0.2) is 0 Å². The Morgan fingerprint density at radius 1 is 1.33 bits per heavy atom. The maximum atomic E-state index is 12.0. The van der Waals surface area contributed by atoms with E-state index in [0.29, 0.717) is 11.3 Å². The van der Waals surface area contributed by atoms with Gasteiger partial charge in [-0.05, 0) is 25.5 Å². The summed E-state index contributed by atoms with van der Waals surface area (Å²) in [5.41, 5.74) is 1.14. The zero-order chi connectivity index (χ0) is 15.8. The van der Waals surface area contributed by atoms with E-state index in [1.54, 1.807) is 30.1 Å². The zero-order valence-corrected chi connectivity index (χ0v) is 13.2. The van der Waals surface area contributed by atoms with Crippen LogP contribution in [0.3, 0.4) is 0 Å². The first kappa shape index (κ1) is 17.0. The van der Waals surface area contributed by atoms with Crippen molar-refractivity contribution in [3.63, 3.8) is 0 Å². The normalized spacial score (nSPS) is 11.6. The van der Waals surface area contributed by atoms with E-state index in [4.69, 9.17) is 4.74 Å². The van der Waals surface area contributed by atoms with Crippen molar-refractivity contribution in [3.05, 3.63) is 29.8 Å². The molecule has 0 spiro atoms. The quantitative estimate of drug-likeness (QED) is 0.783. The Bertz CT molecular complexity index is 488. The molecule has 1 atom stereocenters. The van der Waals surface area contributed by atoms with E-state index in [9.17, 15) is 9.59 Å². The first-order valence-corrected chi connectivity index (χ1v) is 7.17. The number of nitrogens with zero attached hydrogens (tertiary/aromatic N) is 1. The van der Waals surface area contributed by atoms with Crippen LogP contribution < -0.4 is 10.2 Å². The Labute approximate surface area is 126 Å². The predicted molar refractivity (Wildman–Crippen MR) is 83.6 cm³/mol. The molecular formula is C16H24N2O3. The van der Waals surface area contributed by atoms with Crippen LogP contribution in [0.2, 0.25) is 0 Å². The lowest BCUT2D eigenvalue weighted by Crippen LogP contribution is -2.40. The average molecular weight is 292 g/mol. The first-order chi connectivity index (χ1) is 9.99. The Hall–Kier alpha value is -2.04. The van der Waals surface area contributed by atoms with Gasteiger partial charge in [0.25, 0.3) is 0 Å². The van der Waals surface area contributed by atoms with Gasteiger partial charge in [0, 0.05) is 13.1 Å². The van der Waals surface area contributed by atoms with Crippen LogP contribution >= 0.6 is 0 Å². The molecule has 5 heteroatoms. The molecule has 1 amide bonds. The number of likely N-dealkylation sites (N-methyl/N-ethyl adjacent to an activating group) is 1. The van der Waals surface area contributed by atoms with Crippen molar-refractivity contribution in [2.45, 2.75) is 32.7 Å². The van der Waals surface area contributed by atoms with E-state index in [-0.39, 0.29) is 18.5 Å². The minimum Gasteiger partial charge on any atom is -0.465 e. The number of amides is 1. The molecule has 116 valence electrons. The summed E-state index contributed by atoms with van der Waals surface area (Å²) in [7, 11) is 3.13. The highest BCUT2D eigenvalue weighted by Gasteiger charge is 2.16. The zero-order valence-electron chi connectivity index (χ0n) is 13.2. The summed E-state index contributed by atoms with van der Waals surface area (Å²) in [6.07, 6.45) is 1.98. The number of carbonyl (C=O) groups excluding carboxylic acids is 2. The third-order valence-electron chi connectivity index (χ3n) is 3.23. The summed E-state index contributed by atoms with van der Waals surface area (Å²) in [5.74, 6) is -0.463. The third-order valence-corrected chi connectivity index (χ3v) is 3.23. The van der Waals surface area contributed by atoms with Gasteiger partial charge in [-0.3, -0.25) is 4.79 Å². The fourth-order valence-electron chi connectivity index (χ4n) is 2.22. The van der Waals surface area contributed by atoms with Gasteiger partial charge in [0.1, 0.15) is 0 Å². The number of ether oxygens (including phenoxy) is 1. The van der Waals surface area contributed by atoms with Crippen molar-refractivity contribution >= 4 is 17.6 Å². The molecule has 0 aliphatic carbocycles. The van der Waals surface area contributed by atoms with Gasteiger partial charge >= 0.3 is 5.97 Å². The third kappa shape index (κ3) is 5.10. The van der Waals surface area contributed by atoms with Crippen LogP contribution in [0.4, 0.5) is 5.69 Å². The van der Waals surface area contributed by atoms with Crippen LogP contribution in [-0.4, -0.2) is 38.6 Å². The first-order valence-electron chi connectivity index (χ1n) is 7.17. The van der Waals surface area contributed by atoms with Gasteiger partial charge in [-0.15, -0.1) is 0 Å². The minimum atomic E-state index is -0.405. The second kappa shape index (κ2) is 8.29. The molecule has 21 heavy (non-hydrogen) atoms. The lowest BCUT2D eigenvalue weighted by atomic mass is 10.1. The number of nitrogens with one attached hydrogen (secondary N) is 1. The Morgan fingerprint density at radius 3 is 2.62 bits per heavy atom.